The number of hydrogen-bond acceptors (Lipinski definition) is 6. The van der Waals surface area contributed by atoms with E-state index in [0.717, 1.165) is 28.7 Å². The number of likely N-dealkylation sites (N-methyl/N-ethyl adjacent to an activating group) is 1. The highest BCUT2D eigenvalue weighted by molar-refractivity contribution is 9.10. The van der Waals surface area contributed by atoms with E-state index < -0.39 is 23.6 Å². The third-order valence-corrected chi connectivity index (χ3v) is 7.25. The van der Waals surface area contributed by atoms with Crippen LogP contribution in [-0.2, 0) is 9.59 Å². The van der Waals surface area contributed by atoms with Crippen molar-refractivity contribution in [2.24, 2.45) is 5.41 Å². The average molecular weight is 547 g/mol. The smallest absolute Gasteiger partial charge is 0.248 e. The molecular formula is C25H35BrN6O3. The number of β-amino-alcohol motifs (C(OH)–C–C–N with tert-alkyl or cyclic N) is 1. The lowest BCUT2D eigenvalue weighted by Gasteiger charge is -2.34. The van der Waals surface area contributed by atoms with Crippen molar-refractivity contribution >= 4 is 33.4 Å². The standard InChI is InChI=1S/C25H35BrN6O3/c1-25(2,3)22(32-15-20(28-29-32)16-5-6-16)24(35)31-14-19(33)13-21(31)23(34)27-11-12-30(4)18-9-7-17(26)8-10-18/h7-10,15-16,19,21-22,33H,5-6,11-14H2,1-4H3,(H,27,34)/t19-,21+,22-/m1/s1. The van der Waals surface area contributed by atoms with Gasteiger partial charge in [-0.05, 0) is 42.5 Å². The number of anilines is 1. The van der Waals surface area contributed by atoms with Gasteiger partial charge in [0.05, 0.1) is 11.8 Å². The fourth-order valence-electron chi connectivity index (χ4n) is 4.62. The van der Waals surface area contributed by atoms with E-state index in [4.69, 9.17) is 0 Å². The molecule has 1 saturated carbocycles. The number of carbonyl (C=O) groups excluding carboxylic acids is 2. The summed E-state index contributed by atoms with van der Waals surface area (Å²) in [7, 11) is 1.96. The first-order chi connectivity index (χ1) is 16.5. The van der Waals surface area contributed by atoms with Crippen molar-refractivity contribution in [1.29, 1.82) is 0 Å². The maximum Gasteiger partial charge on any atom is 0.248 e. The van der Waals surface area contributed by atoms with Crippen molar-refractivity contribution in [3.8, 4) is 0 Å². The molecule has 0 bridgehead atoms. The van der Waals surface area contributed by atoms with E-state index in [2.05, 4.69) is 36.5 Å². The molecule has 2 aliphatic rings. The molecule has 0 radical (unpaired) electrons. The Kier molecular flexibility index (Phi) is 7.51. The minimum absolute atomic E-state index is 0.131. The van der Waals surface area contributed by atoms with Crippen LogP contribution in [0.3, 0.4) is 0 Å². The lowest BCUT2D eigenvalue weighted by atomic mass is 9.85. The van der Waals surface area contributed by atoms with Crippen molar-refractivity contribution < 1.29 is 14.7 Å². The number of amides is 2. The summed E-state index contributed by atoms with van der Waals surface area (Å²) in [5.41, 5.74) is 1.51. The molecule has 4 rings (SSSR count). The minimum atomic E-state index is -0.737. The number of aromatic nitrogens is 3. The third kappa shape index (κ3) is 6.03. The van der Waals surface area contributed by atoms with Crippen LogP contribution in [0.25, 0.3) is 0 Å². The molecular weight excluding hydrogens is 512 g/mol. The zero-order valence-corrected chi connectivity index (χ0v) is 22.4. The summed E-state index contributed by atoms with van der Waals surface area (Å²) in [5, 5.41) is 21.9. The molecule has 2 aromatic rings. The van der Waals surface area contributed by atoms with Crippen molar-refractivity contribution in [2.75, 3.05) is 31.6 Å². The topological polar surface area (TPSA) is 104 Å². The summed E-state index contributed by atoms with van der Waals surface area (Å²) < 4.78 is 2.65. The van der Waals surface area contributed by atoms with Gasteiger partial charge in [0.25, 0.3) is 0 Å². The molecule has 2 heterocycles. The summed E-state index contributed by atoms with van der Waals surface area (Å²) in [6.07, 6.45) is 3.56. The molecule has 1 aromatic heterocycles. The molecule has 1 aromatic carbocycles. The summed E-state index contributed by atoms with van der Waals surface area (Å²) in [6, 6.07) is 6.62. The van der Waals surface area contributed by atoms with E-state index in [9.17, 15) is 14.7 Å². The van der Waals surface area contributed by atoms with E-state index >= 15 is 0 Å². The molecule has 35 heavy (non-hydrogen) atoms. The van der Waals surface area contributed by atoms with E-state index in [-0.39, 0.29) is 24.8 Å². The Bertz CT molecular complexity index is 1050. The maximum absolute atomic E-state index is 13.8. The molecule has 1 aliphatic carbocycles. The normalized spacial score (nSPS) is 21.1. The largest absolute Gasteiger partial charge is 0.391 e. The molecule has 190 valence electrons. The number of benzene rings is 1. The quantitative estimate of drug-likeness (QED) is 0.527. The van der Waals surface area contributed by atoms with Gasteiger partial charge in [0.1, 0.15) is 12.1 Å². The second-order valence-corrected chi connectivity index (χ2v) is 11.7. The molecule has 2 amide bonds. The van der Waals surface area contributed by atoms with Crippen LogP contribution in [0, 0.1) is 5.41 Å². The van der Waals surface area contributed by atoms with Crippen LogP contribution in [0.2, 0.25) is 0 Å². The first-order valence-corrected chi connectivity index (χ1v) is 13.0. The molecule has 9 nitrogen and oxygen atoms in total. The molecule has 0 unspecified atom stereocenters. The van der Waals surface area contributed by atoms with Crippen LogP contribution in [0.5, 0.6) is 0 Å². The van der Waals surface area contributed by atoms with Gasteiger partial charge in [-0.25, -0.2) is 4.68 Å². The number of hydrogen-bond donors (Lipinski definition) is 2. The van der Waals surface area contributed by atoms with Gasteiger partial charge in [-0.2, -0.15) is 0 Å². The number of rotatable bonds is 8. The van der Waals surface area contributed by atoms with Gasteiger partial charge >= 0.3 is 0 Å². The Hall–Kier alpha value is -2.46. The van der Waals surface area contributed by atoms with Crippen LogP contribution < -0.4 is 10.2 Å². The molecule has 1 saturated heterocycles. The summed E-state index contributed by atoms with van der Waals surface area (Å²) in [5.74, 6) is -0.0281. The van der Waals surface area contributed by atoms with Crippen molar-refractivity contribution in [3.63, 3.8) is 0 Å². The number of halogens is 1. The van der Waals surface area contributed by atoms with Gasteiger partial charge in [-0.3, -0.25) is 9.59 Å². The highest BCUT2D eigenvalue weighted by Crippen LogP contribution is 2.40. The molecule has 0 spiro atoms. The van der Waals surface area contributed by atoms with Crippen molar-refractivity contribution in [1.82, 2.24) is 25.2 Å². The third-order valence-electron chi connectivity index (χ3n) is 6.72. The molecule has 3 atom stereocenters. The first-order valence-electron chi connectivity index (χ1n) is 12.2. The van der Waals surface area contributed by atoms with Gasteiger partial charge in [0.15, 0.2) is 0 Å². The monoisotopic (exact) mass is 546 g/mol. The second kappa shape index (κ2) is 10.3. The Morgan fingerprint density at radius 1 is 1.26 bits per heavy atom. The molecule has 1 aliphatic heterocycles. The lowest BCUT2D eigenvalue weighted by molar-refractivity contribution is -0.144. The van der Waals surface area contributed by atoms with E-state index in [1.807, 2.05) is 58.3 Å². The maximum atomic E-state index is 13.8. The zero-order chi connectivity index (χ0) is 25.3. The molecule has 10 heteroatoms. The van der Waals surface area contributed by atoms with E-state index in [0.29, 0.717) is 19.0 Å². The van der Waals surface area contributed by atoms with Crippen LogP contribution in [-0.4, -0.2) is 75.6 Å². The number of likely N-dealkylation sites (tertiary alicyclic amines) is 1. The number of nitrogens with zero attached hydrogens (tertiary/aromatic N) is 5. The van der Waals surface area contributed by atoms with Gasteiger partial charge < -0.3 is 20.2 Å². The Morgan fingerprint density at radius 3 is 2.57 bits per heavy atom. The predicted octanol–water partition coefficient (Wildman–Crippen LogP) is 2.72. The minimum Gasteiger partial charge on any atom is -0.391 e. The summed E-state index contributed by atoms with van der Waals surface area (Å²) >= 11 is 3.44. The van der Waals surface area contributed by atoms with Gasteiger partial charge in [-0.15, -0.1) is 5.10 Å². The predicted molar refractivity (Wildman–Crippen MR) is 137 cm³/mol. The van der Waals surface area contributed by atoms with Crippen molar-refractivity contribution in [3.05, 3.63) is 40.6 Å². The zero-order valence-electron chi connectivity index (χ0n) is 20.8. The van der Waals surface area contributed by atoms with Crippen LogP contribution >= 0.6 is 15.9 Å². The van der Waals surface area contributed by atoms with Crippen LogP contribution in [0.15, 0.2) is 34.9 Å². The van der Waals surface area contributed by atoms with Gasteiger partial charge in [-0.1, -0.05) is 41.9 Å². The molecule has 2 N–H and O–H groups in total. The van der Waals surface area contributed by atoms with Gasteiger partial charge in [0.2, 0.25) is 11.8 Å². The summed E-state index contributed by atoms with van der Waals surface area (Å²) in [6.45, 7) is 7.11. The fourth-order valence-corrected chi connectivity index (χ4v) is 4.88. The average Bonchev–Trinajstić information content (AvgIpc) is 3.40. The summed E-state index contributed by atoms with van der Waals surface area (Å²) in [4.78, 5) is 30.5. The van der Waals surface area contributed by atoms with Crippen LogP contribution in [0.4, 0.5) is 5.69 Å². The number of carbonyl (C=O) groups is 2. The first kappa shape index (κ1) is 25.6. The Labute approximate surface area is 215 Å². The van der Waals surface area contributed by atoms with E-state index in [1.165, 1.54) is 4.90 Å². The number of nitrogens with one attached hydrogen (secondary N) is 1. The Morgan fingerprint density at radius 2 is 1.94 bits per heavy atom. The fraction of sp³-hybridized carbons (Fsp3) is 0.600. The van der Waals surface area contributed by atoms with Crippen LogP contribution in [0.1, 0.15) is 57.7 Å². The second-order valence-electron chi connectivity index (χ2n) is 10.8. The van der Waals surface area contributed by atoms with Crippen molar-refractivity contribution in [2.45, 2.75) is 64.1 Å². The number of aliphatic hydroxyl groups excluding tert-OH is 1. The lowest BCUT2D eigenvalue weighted by Crippen LogP contribution is -2.51. The number of aliphatic hydroxyl groups is 1. The SMILES string of the molecule is CN(CCNC(=O)[C@@H]1C[C@@H](O)CN1C(=O)[C@@H](n1cc(C2CC2)nn1)C(C)(C)C)c1ccc(Br)cc1. The van der Waals surface area contributed by atoms with E-state index in [1.54, 1.807) is 4.68 Å². The Balaban J connectivity index is 1.42. The molecule has 2 fully saturated rings. The highest BCUT2D eigenvalue weighted by atomic mass is 79.9. The van der Waals surface area contributed by atoms with Gasteiger partial charge in [0, 0.05) is 55.4 Å². The highest BCUT2D eigenvalue weighted by Gasteiger charge is 2.45.